The summed E-state index contributed by atoms with van der Waals surface area (Å²) in [6, 6.07) is 1.92. The van der Waals surface area contributed by atoms with Gasteiger partial charge in [0.2, 0.25) is 5.91 Å². The van der Waals surface area contributed by atoms with Crippen LogP contribution in [0.4, 0.5) is 0 Å². The maximum Gasteiger partial charge on any atom is 0.268 e. The molecule has 0 radical (unpaired) electrons. The van der Waals surface area contributed by atoms with Crippen molar-refractivity contribution in [3.8, 4) is 0 Å². The van der Waals surface area contributed by atoms with E-state index >= 15 is 0 Å². The first kappa shape index (κ1) is 25.8. The molecule has 2 heterocycles. The summed E-state index contributed by atoms with van der Waals surface area (Å²) in [5.74, 6) is -0.493. The summed E-state index contributed by atoms with van der Waals surface area (Å²) in [5.41, 5.74) is 0.691. The Morgan fingerprint density at radius 3 is 2.22 bits per heavy atom. The highest BCUT2D eigenvalue weighted by Gasteiger charge is 2.24. The lowest BCUT2D eigenvalue weighted by Crippen LogP contribution is -2.50. The first-order valence-corrected chi connectivity index (χ1v) is 12.2. The molecule has 2 rings (SSSR count). The van der Waals surface area contributed by atoms with E-state index in [1.807, 2.05) is 13.8 Å². The molecule has 0 unspecified atom stereocenters. The van der Waals surface area contributed by atoms with Crippen molar-refractivity contribution in [3.63, 3.8) is 0 Å². The normalized spacial score (nSPS) is 20.7. The van der Waals surface area contributed by atoms with E-state index in [9.17, 15) is 19.2 Å². The number of Topliss-reactive ketones (excluding diaryl/α,β-unsaturated/α-hetero) is 1. The molecule has 1 aliphatic rings. The Kier molecular flexibility index (Phi) is 11.2. The summed E-state index contributed by atoms with van der Waals surface area (Å²) >= 11 is 0. The highest BCUT2D eigenvalue weighted by atomic mass is 16.2. The molecule has 1 aromatic rings. The predicted octanol–water partition coefficient (Wildman–Crippen LogP) is 4.33. The van der Waals surface area contributed by atoms with Crippen LogP contribution < -0.4 is 10.6 Å². The molecule has 0 saturated carbocycles. The molecule has 0 spiro atoms. The molecule has 2 bridgehead atoms. The first-order valence-electron chi connectivity index (χ1n) is 12.2. The molecule has 2 amide bonds. The fourth-order valence-electron chi connectivity index (χ4n) is 4.14. The number of amides is 2. The Balaban J connectivity index is 2.10. The predicted molar refractivity (Wildman–Crippen MR) is 125 cm³/mol. The molecule has 3 N–H and O–H groups in total. The van der Waals surface area contributed by atoms with Crippen LogP contribution in [0.25, 0.3) is 0 Å². The highest BCUT2D eigenvalue weighted by molar-refractivity contribution is 6.00. The van der Waals surface area contributed by atoms with Gasteiger partial charge >= 0.3 is 0 Å². The molecule has 0 aliphatic carbocycles. The van der Waals surface area contributed by atoms with Crippen molar-refractivity contribution in [2.24, 2.45) is 5.92 Å². The third kappa shape index (κ3) is 8.97. The van der Waals surface area contributed by atoms with Gasteiger partial charge in [-0.3, -0.25) is 14.4 Å². The van der Waals surface area contributed by atoms with Gasteiger partial charge in [-0.1, -0.05) is 65.2 Å². The van der Waals surface area contributed by atoms with E-state index in [1.54, 1.807) is 12.1 Å². The van der Waals surface area contributed by atoms with Gasteiger partial charge < -0.3 is 20.4 Å². The van der Waals surface area contributed by atoms with Gasteiger partial charge in [0.05, 0.1) is 11.7 Å². The Hall–Kier alpha value is -2.44. The van der Waals surface area contributed by atoms with Crippen molar-refractivity contribution in [1.82, 2.24) is 15.6 Å². The summed E-state index contributed by atoms with van der Waals surface area (Å²) in [5, 5.41) is 5.58. The topological polar surface area (TPSA) is 108 Å². The minimum absolute atomic E-state index is 0.00182. The Morgan fingerprint density at radius 2 is 1.59 bits per heavy atom. The van der Waals surface area contributed by atoms with Crippen LogP contribution >= 0.6 is 0 Å². The fourth-order valence-corrected chi connectivity index (χ4v) is 4.14. The average Bonchev–Trinajstić information content (AvgIpc) is 3.25. The quantitative estimate of drug-likeness (QED) is 0.586. The largest absolute Gasteiger partial charge is 0.348 e. The first-order chi connectivity index (χ1) is 15.4. The van der Waals surface area contributed by atoms with Crippen molar-refractivity contribution in [2.45, 2.75) is 103 Å². The van der Waals surface area contributed by atoms with Crippen molar-refractivity contribution in [3.05, 3.63) is 23.5 Å². The molecule has 0 aromatic carbocycles. The van der Waals surface area contributed by atoms with Gasteiger partial charge in [0.1, 0.15) is 18.0 Å². The molecule has 7 nitrogen and oxygen atoms in total. The number of fused-ring (bicyclic) bond motifs is 2. The van der Waals surface area contributed by atoms with Gasteiger partial charge in [0.15, 0.2) is 5.78 Å². The van der Waals surface area contributed by atoms with Crippen LogP contribution in [-0.4, -0.2) is 41.0 Å². The molecule has 7 heteroatoms. The summed E-state index contributed by atoms with van der Waals surface area (Å²) in [6.07, 6.45) is 11.8. The van der Waals surface area contributed by atoms with Crippen molar-refractivity contribution >= 4 is 23.9 Å². The second kappa shape index (κ2) is 13.9. The standard InChI is InChI=1S/C25H39N3O4/c1-18(2)16-19(17-29)26-24(31)21-12-10-8-6-4-3-5-7-9-11-13-23(30)20-14-15-22(27-20)25(32)28-21/h14-15,17-19,21,27H,3-13,16H2,1-2H3,(H,26,31)(H,28,32)/t19-,21-/m0/s1. The van der Waals surface area contributed by atoms with Gasteiger partial charge in [-0.15, -0.1) is 0 Å². The Morgan fingerprint density at radius 1 is 1.00 bits per heavy atom. The number of H-pyrrole nitrogens is 1. The number of hydrogen-bond acceptors (Lipinski definition) is 4. The van der Waals surface area contributed by atoms with Crippen molar-refractivity contribution < 1.29 is 19.2 Å². The number of hydrogen-bond donors (Lipinski definition) is 3. The molecule has 0 fully saturated rings. The minimum Gasteiger partial charge on any atom is -0.348 e. The van der Waals surface area contributed by atoms with Crippen LogP contribution in [0.3, 0.4) is 0 Å². The highest BCUT2D eigenvalue weighted by Crippen LogP contribution is 2.15. The van der Waals surface area contributed by atoms with E-state index in [0.29, 0.717) is 25.0 Å². The van der Waals surface area contributed by atoms with Crippen LogP contribution in [0.2, 0.25) is 0 Å². The average molecular weight is 446 g/mol. The van der Waals surface area contributed by atoms with Gasteiger partial charge in [-0.2, -0.15) is 0 Å². The lowest BCUT2D eigenvalue weighted by molar-refractivity contribution is -0.126. The molecule has 2 atom stereocenters. The van der Waals surface area contributed by atoms with Crippen LogP contribution in [0.1, 0.15) is 112 Å². The fraction of sp³-hybridized carbons (Fsp3) is 0.680. The zero-order valence-corrected chi connectivity index (χ0v) is 19.6. The number of aromatic amines is 1. The molecule has 1 aliphatic heterocycles. The molecule has 0 saturated heterocycles. The van der Waals surface area contributed by atoms with Crippen LogP contribution in [0, 0.1) is 5.92 Å². The zero-order valence-electron chi connectivity index (χ0n) is 19.6. The summed E-state index contributed by atoms with van der Waals surface area (Å²) < 4.78 is 0. The SMILES string of the molecule is CC(C)C[C@@H](C=O)NC(=O)[C@@H]1CCCCCCCCCCCC(=O)c2ccc([nH]2)C(=O)N1. The number of aldehydes is 1. The maximum atomic E-state index is 12.9. The van der Waals surface area contributed by atoms with E-state index in [1.165, 1.54) is 12.8 Å². The van der Waals surface area contributed by atoms with Gasteiger partial charge in [-0.05, 0) is 37.3 Å². The van der Waals surface area contributed by atoms with Crippen LogP contribution in [0.15, 0.2) is 12.1 Å². The monoisotopic (exact) mass is 445 g/mol. The van der Waals surface area contributed by atoms with Crippen LogP contribution in [-0.2, 0) is 9.59 Å². The Labute approximate surface area is 191 Å². The number of aromatic nitrogens is 1. The lowest BCUT2D eigenvalue weighted by Gasteiger charge is -2.21. The van der Waals surface area contributed by atoms with E-state index in [-0.39, 0.29) is 23.3 Å². The summed E-state index contributed by atoms with van der Waals surface area (Å²) in [6.45, 7) is 3.98. The number of ketones is 1. The molecule has 32 heavy (non-hydrogen) atoms. The second-order valence-corrected chi connectivity index (χ2v) is 9.34. The minimum atomic E-state index is -0.724. The smallest absolute Gasteiger partial charge is 0.268 e. The maximum absolute atomic E-state index is 12.9. The third-order valence-electron chi connectivity index (χ3n) is 5.97. The number of carbonyl (C=O) groups excluding carboxylic acids is 4. The zero-order chi connectivity index (χ0) is 23.3. The third-order valence-corrected chi connectivity index (χ3v) is 5.97. The molecule has 1 aromatic heterocycles. The van der Waals surface area contributed by atoms with Crippen LogP contribution in [0.5, 0.6) is 0 Å². The van der Waals surface area contributed by atoms with Gasteiger partial charge in [0, 0.05) is 6.42 Å². The Bertz CT molecular complexity index is 756. The number of nitrogens with one attached hydrogen (secondary N) is 3. The van der Waals surface area contributed by atoms with E-state index in [2.05, 4.69) is 15.6 Å². The molecule has 178 valence electrons. The van der Waals surface area contributed by atoms with E-state index < -0.39 is 18.0 Å². The molecular formula is C25H39N3O4. The summed E-state index contributed by atoms with van der Waals surface area (Å²) in [4.78, 5) is 52.4. The van der Waals surface area contributed by atoms with E-state index in [4.69, 9.17) is 0 Å². The summed E-state index contributed by atoms with van der Waals surface area (Å²) in [7, 11) is 0. The lowest BCUT2D eigenvalue weighted by atomic mass is 10.0. The van der Waals surface area contributed by atoms with Gasteiger partial charge in [0.25, 0.3) is 5.91 Å². The van der Waals surface area contributed by atoms with Crippen molar-refractivity contribution in [2.75, 3.05) is 0 Å². The van der Waals surface area contributed by atoms with Crippen molar-refractivity contribution in [1.29, 1.82) is 0 Å². The van der Waals surface area contributed by atoms with Gasteiger partial charge in [-0.25, -0.2) is 0 Å². The number of carbonyl (C=O) groups is 4. The van der Waals surface area contributed by atoms with E-state index in [0.717, 1.165) is 51.2 Å². The molecular weight excluding hydrogens is 406 g/mol. The second-order valence-electron chi connectivity index (χ2n) is 9.34. The number of rotatable bonds is 5.